The minimum absolute atomic E-state index is 0.603. The van der Waals surface area contributed by atoms with Gasteiger partial charge < -0.3 is 4.90 Å². The lowest BCUT2D eigenvalue weighted by Crippen LogP contribution is -2.56. The summed E-state index contributed by atoms with van der Waals surface area (Å²) in [6.07, 6.45) is 1.91. The van der Waals surface area contributed by atoms with E-state index in [1.54, 1.807) is 0 Å². The molecule has 2 rings (SSSR count). The number of aromatic nitrogens is 1. The summed E-state index contributed by atoms with van der Waals surface area (Å²) in [5, 5.41) is 0. The van der Waals surface area contributed by atoms with Gasteiger partial charge in [0.1, 0.15) is 5.82 Å². The number of hydrogen-bond donors (Lipinski definition) is 0. The van der Waals surface area contributed by atoms with Gasteiger partial charge in [-0.15, -0.1) is 0 Å². The standard InChI is InChI=1S/C14H23N3.C2H6/c1-5-17-12(3)9-16(10-13(17)4)14-8-11(2)6-7-15-14;1-2/h6-8,12-13H,5,9-10H2,1-4H3;1-2H3/t12-,13+;. The Kier molecular flexibility index (Phi) is 6.29. The van der Waals surface area contributed by atoms with Crippen molar-refractivity contribution in [2.75, 3.05) is 24.5 Å². The zero-order valence-corrected chi connectivity index (χ0v) is 13.3. The monoisotopic (exact) mass is 263 g/mol. The average Bonchev–Trinajstić information content (AvgIpc) is 2.40. The van der Waals surface area contributed by atoms with Crippen LogP contribution < -0.4 is 4.90 Å². The largest absolute Gasteiger partial charge is 0.353 e. The number of pyridine rings is 1. The van der Waals surface area contributed by atoms with Crippen molar-refractivity contribution in [1.82, 2.24) is 9.88 Å². The van der Waals surface area contributed by atoms with Gasteiger partial charge in [0.05, 0.1) is 0 Å². The molecule has 2 atom stereocenters. The number of piperazine rings is 1. The maximum absolute atomic E-state index is 4.49. The zero-order chi connectivity index (χ0) is 14.4. The van der Waals surface area contributed by atoms with Crippen LogP contribution in [0.2, 0.25) is 0 Å². The highest BCUT2D eigenvalue weighted by Gasteiger charge is 2.28. The van der Waals surface area contributed by atoms with E-state index in [0.29, 0.717) is 12.1 Å². The molecule has 2 heterocycles. The normalized spacial score (nSPS) is 23.8. The van der Waals surface area contributed by atoms with Gasteiger partial charge in [0, 0.05) is 31.4 Å². The van der Waals surface area contributed by atoms with E-state index in [1.165, 1.54) is 5.56 Å². The third-order valence-corrected chi connectivity index (χ3v) is 3.69. The van der Waals surface area contributed by atoms with Gasteiger partial charge in [-0.25, -0.2) is 4.98 Å². The number of anilines is 1. The Morgan fingerprint density at radius 2 is 1.79 bits per heavy atom. The van der Waals surface area contributed by atoms with E-state index in [2.05, 4.69) is 54.6 Å². The quantitative estimate of drug-likeness (QED) is 0.816. The Bertz CT molecular complexity index is 366. The van der Waals surface area contributed by atoms with Crippen LogP contribution in [0, 0.1) is 6.92 Å². The first-order chi connectivity index (χ1) is 9.11. The minimum Gasteiger partial charge on any atom is -0.353 e. The van der Waals surface area contributed by atoms with Crippen molar-refractivity contribution in [3.8, 4) is 0 Å². The summed E-state index contributed by atoms with van der Waals surface area (Å²) in [4.78, 5) is 9.46. The molecule has 0 aromatic carbocycles. The molecular weight excluding hydrogens is 234 g/mol. The Morgan fingerprint density at radius 3 is 2.26 bits per heavy atom. The van der Waals surface area contributed by atoms with E-state index in [0.717, 1.165) is 25.5 Å². The molecule has 3 heteroatoms. The maximum Gasteiger partial charge on any atom is 0.128 e. The first-order valence-corrected chi connectivity index (χ1v) is 7.55. The van der Waals surface area contributed by atoms with Crippen LogP contribution in [0.4, 0.5) is 5.82 Å². The van der Waals surface area contributed by atoms with Crippen LogP contribution in [0.15, 0.2) is 18.3 Å². The van der Waals surface area contributed by atoms with Crippen molar-refractivity contribution in [2.24, 2.45) is 0 Å². The molecule has 1 aromatic rings. The van der Waals surface area contributed by atoms with Crippen LogP contribution in [-0.4, -0.2) is 41.6 Å². The van der Waals surface area contributed by atoms with Crippen molar-refractivity contribution in [2.45, 2.75) is 53.6 Å². The lowest BCUT2D eigenvalue weighted by atomic mass is 10.1. The first kappa shape index (κ1) is 16.0. The highest BCUT2D eigenvalue weighted by Crippen LogP contribution is 2.20. The minimum atomic E-state index is 0.603. The second-order valence-corrected chi connectivity index (χ2v) is 5.12. The second kappa shape index (κ2) is 7.49. The Hall–Kier alpha value is -1.09. The first-order valence-electron chi connectivity index (χ1n) is 7.55. The average molecular weight is 263 g/mol. The van der Waals surface area contributed by atoms with Gasteiger partial charge in [0.25, 0.3) is 0 Å². The molecule has 0 radical (unpaired) electrons. The summed E-state index contributed by atoms with van der Waals surface area (Å²) in [6, 6.07) is 5.44. The Morgan fingerprint density at radius 1 is 1.21 bits per heavy atom. The number of hydrogen-bond acceptors (Lipinski definition) is 3. The molecule has 0 saturated carbocycles. The highest BCUT2D eigenvalue weighted by molar-refractivity contribution is 5.41. The third-order valence-electron chi connectivity index (χ3n) is 3.69. The lowest BCUT2D eigenvalue weighted by molar-refractivity contribution is 0.139. The van der Waals surface area contributed by atoms with Gasteiger partial charge in [0.2, 0.25) is 0 Å². The van der Waals surface area contributed by atoms with Gasteiger partial charge in [-0.1, -0.05) is 20.8 Å². The molecule has 0 spiro atoms. The maximum atomic E-state index is 4.49. The number of rotatable bonds is 2. The van der Waals surface area contributed by atoms with Crippen molar-refractivity contribution in [3.63, 3.8) is 0 Å². The SMILES string of the molecule is CC.CCN1[C@H](C)CN(c2cc(C)ccn2)C[C@@H]1C. The van der Waals surface area contributed by atoms with Crippen LogP contribution in [0.25, 0.3) is 0 Å². The molecule has 1 aromatic heterocycles. The van der Waals surface area contributed by atoms with E-state index in [-0.39, 0.29) is 0 Å². The molecule has 0 unspecified atom stereocenters. The van der Waals surface area contributed by atoms with Crippen molar-refractivity contribution in [3.05, 3.63) is 23.9 Å². The molecule has 1 saturated heterocycles. The predicted molar refractivity (Wildman–Crippen MR) is 83.8 cm³/mol. The number of aryl methyl sites for hydroxylation is 1. The molecule has 3 nitrogen and oxygen atoms in total. The van der Waals surface area contributed by atoms with Crippen molar-refractivity contribution < 1.29 is 0 Å². The highest BCUT2D eigenvalue weighted by atomic mass is 15.3. The summed E-state index contributed by atoms with van der Waals surface area (Å²) in [5.41, 5.74) is 1.29. The Labute approximate surface area is 118 Å². The summed E-state index contributed by atoms with van der Waals surface area (Å²) in [5.74, 6) is 1.12. The van der Waals surface area contributed by atoms with Crippen LogP contribution >= 0.6 is 0 Å². The summed E-state index contributed by atoms with van der Waals surface area (Å²) in [7, 11) is 0. The van der Waals surface area contributed by atoms with Crippen LogP contribution in [0.1, 0.15) is 40.2 Å². The molecular formula is C16H29N3. The fourth-order valence-corrected chi connectivity index (χ4v) is 2.86. The second-order valence-electron chi connectivity index (χ2n) is 5.12. The lowest BCUT2D eigenvalue weighted by Gasteiger charge is -2.44. The van der Waals surface area contributed by atoms with Crippen LogP contribution in [0.3, 0.4) is 0 Å². The van der Waals surface area contributed by atoms with Gasteiger partial charge in [-0.2, -0.15) is 0 Å². The van der Waals surface area contributed by atoms with Gasteiger partial charge in [-0.3, -0.25) is 4.90 Å². The van der Waals surface area contributed by atoms with Gasteiger partial charge in [-0.05, 0) is 45.0 Å². The van der Waals surface area contributed by atoms with E-state index in [1.807, 2.05) is 20.0 Å². The van der Waals surface area contributed by atoms with Gasteiger partial charge >= 0.3 is 0 Å². The van der Waals surface area contributed by atoms with E-state index in [4.69, 9.17) is 0 Å². The van der Waals surface area contributed by atoms with E-state index < -0.39 is 0 Å². The summed E-state index contributed by atoms with van der Waals surface area (Å²) < 4.78 is 0. The molecule has 0 amide bonds. The molecule has 0 aliphatic carbocycles. The van der Waals surface area contributed by atoms with Crippen LogP contribution in [0.5, 0.6) is 0 Å². The fourth-order valence-electron chi connectivity index (χ4n) is 2.86. The molecule has 0 bridgehead atoms. The smallest absolute Gasteiger partial charge is 0.128 e. The fraction of sp³-hybridized carbons (Fsp3) is 0.688. The van der Waals surface area contributed by atoms with E-state index >= 15 is 0 Å². The Balaban J connectivity index is 0.000000861. The molecule has 19 heavy (non-hydrogen) atoms. The van der Waals surface area contributed by atoms with Crippen LogP contribution in [-0.2, 0) is 0 Å². The molecule has 108 valence electrons. The van der Waals surface area contributed by atoms with Gasteiger partial charge in [0.15, 0.2) is 0 Å². The summed E-state index contributed by atoms with van der Waals surface area (Å²) in [6.45, 7) is 16.3. The molecule has 1 fully saturated rings. The molecule has 1 aliphatic rings. The molecule has 0 N–H and O–H groups in total. The molecule has 1 aliphatic heterocycles. The van der Waals surface area contributed by atoms with Crippen molar-refractivity contribution >= 4 is 5.82 Å². The number of likely N-dealkylation sites (N-methyl/N-ethyl adjacent to an activating group) is 1. The van der Waals surface area contributed by atoms with Crippen molar-refractivity contribution in [1.29, 1.82) is 0 Å². The van der Waals surface area contributed by atoms with E-state index in [9.17, 15) is 0 Å². The number of nitrogens with zero attached hydrogens (tertiary/aromatic N) is 3. The predicted octanol–water partition coefficient (Wildman–Crippen LogP) is 3.34. The third kappa shape index (κ3) is 3.93. The topological polar surface area (TPSA) is 19.4 Å². The summed E-state index contributed by atoms with van der Waals surface area (Å²) >= 11 is 0. The zero-order valence-electron chi connectivity index (χ0n) is 13.3.